The highest BCUT2D eigenvalue weighted by atomic mass is 19.4. The van der Waals surface area contributed by atoms with Crippen molar-refractivity contribution in [2.24, 2.45) is 0 Å². The first-order valence-electron chi connectivity index (χ1n) is 8.62. The third-order valence-electron chi connectivity index (χ3n) is 4.48. The minimum Gasteiger partial charge on any atom is -0.344 e. The van der Waals surface area contributed by atoms with E-state index >= 15 is 0 Å². The van der Waals surface area contributed by atoms with E-state index in [1.165, 1.54) is 12.1 Å². The van der Waals surface area contributed by atoms with Crippen LogP contribution in [0.4, 0.5) is 23.5 Å². The molecule has 1 aromatic carbocycles. The van der Waals surface area contributed by atoms with Crippen molar-refractivity contribution in [1.82, 2.24) is 15.3 Å². The van der Waals surface area contributed by atoms with Gasteiger partial charge < -0.3 is 10.2 Å². The number of carbonyl (C=O) groups excluding carboxylic acids is 1. The second-order valence-electron chi connectivity index (χ2n) is 6.60. The number of benzene rings is 1. The van der Waals surface area contributed by atoms with Crippen LogP contribution in [0, 0.1) is 0 Å². The third-order valence-corrected chi connectivity index (χ3v) is 4.48. The van der Waals surface area contributed by atoms with Gasteiger partial charge in [-0.15, -0.1) is 0 Å². The van der Waals surface area contributed by atoms with Crippen molar-refractivity contribution in [2.45, 2.75) is 31.7 Å². The van der Waals surface area contributed by atoms with E-state index in [1.807, 2.05) is 0 Å². The predicted octanol–water partition coefficient (Wildman–Crippen LogP) is 2.83. The van der Waals surface area contributed by atoms with Gasteiger partial charge in [-0.25, -0.2) is 9.37 Å². The van der Waals surface area contributed by atoms with Crippen LogP contribution >= 0.6 is 0 Å². The van der Waals surface area contributed by atoms with Crippen molar-refractivity contribution in [2.75, 3.05) is 18.0 Å². The molecular formula is C18H18F4N4O2. The van der Waals surface area contributed by atoms with Crippen molar-refractivity contribution in [3.8, 4) is 0 Å². The smallest absolute Gasteiger partial charge is 0.344 e. The number of aromatic amines is 1. The number of hydrogen-bond donors (Lipinski definition) is 2. The van der Waals surface area contributed by atoms with Gasteiger partial charge in [-0.3, -0.25) is 14.6 Å². The normalized spacial score (nSPS) is 18.2. The molecule has 0 radical (unpaired) electrons. The summed E-state index contributed by atoms with van der Waals surface area (Å²) in [4.78, 5) is 32.4. The van der Waals surface area contributed by atoms with Gasteiger partial charge in [0.25, 0.3) is 11.5 Å². The molecule has 0 bridgehead atoms. The second kappa shape index (κ2) is 7.61. The Morgan fingerprint density at radius 1 is 1.32 bits per heavy atom. The molecule has 0 aliphatic carbocycles. The summed E-state index contributed by atoms with van der Waals surface area (Å²) in [6.07, 6.45) is -5.15. The lowest BCUT2D eigenvalue weighted by Gasteiger charge is -2.17. The first-order chi connectivity index (χ1) is 13.1. The van der Waals surface area contributed by atoms with E-state index in [2.05, 4.69) is 15.3 Å². The largest absolute Gasteiger partial charge is 0.416 e. The lowest BCUT2D eigenvalue weighted by Crippen LogP contribution is -2.31. The van der Waals surface area contributed by atoms with Crippen molar-refractivity contribution in [3.63, 3.8) is 0 Å². The van der Waals surface area contributed by atoms with E-state index in [0.29, 0.717) is 18.5 Å². The van der Waals surface area contributed by atoms with Gasteiger partial charge in [-0.1, -0.05) is 12.1 Å². The SMILES string of the molecule is CC(NC(=O)c1cc(=O)[nH]c(N2CC[C@@H](F)C2)n1)c1ccc(C(F)(F)F)cc1. The maximum Gasteiger partial charge on any atom is 0.416 e. The predicted molar refractivity (Wildman–Crippen MR) is 93.9 cm³/mol. The number of rotatable bonds is 4. The fraction of sp³-hybridized carbons (Fsp3) is 0.389. The number of anilines is 1. The molecule has 2 heterocycles. The topological polar surface area (TPSA) is 78.1 Å². The molecule has 1 aromatic heterocycles. The van der Waals surface area contributed by atoms with Crippen LogP contribution in [0.1, 0.15) is 41.0 Å². The fourth-order valence-corrected chi connectivity index (χ4v) is 2.94. The van der Waals surface area contributed by atoms with Gasteiger partial charge in [0.1, 0.15) is 11.9 Å². The first-order valence-corrected chi connectivity index (χ1v) is 8.62. The van der Waals surface area contributed by atoms with E-state index in [9.17, 15) is 27.2 Å². The quantitative estimate of drug-likeness (QED) is 0.777. The molecule has 0 spiro atoms. The number of H-pyrrole nitrogens is 1. The monoisotopic (exact) mass is 398 g/mol. The lowest BCUT2D eigenvalue weighted by molar-refractivity contribution is -0.137. The molecule has 1 aliphatic heterocycles. The average Bonchev–Trinajstić information content (AvgIpc) is 3.07. The highest BCUT2D eigenvalue weighted by Gasteiger charge is 2.30. The Balaban J connectivity index is 1.73. The van der Waals surface area contributed by atoms with E-state index < -0.39 is 35.4 Å². The molecule has 1 fully saturated rings. The molecule has 6 nitrogen and oxygen atoms in total. The molecule has 2 aromatic rings. The summed E-state index contributed by atoms with van der Waals surface area (Å²) >= 11 is 0. The number of amides is 1. The number of aromatic nitrogens is 2. The second-order valence-corrected chi connectivity index (χ2v) is 6.60. The van der Waals surface area contributed by atoms with Crippen molar-refractivity contribution in [1.29, 1.82) is 0 Å². The minimum atomic E-state index is -4.44. The van der Waals surface area contributed by atoms with Gasteiger partial charge >= 0.3 is 6.18 Å². The molecule has 1 amide bonds. The number of hydrogen-bond acceptors (Lipinski definition) is 4. The molecule has 1 unspecified atom stereocenters. The molecule has 150 valence electrons. The molecular weight excluding hydrogens is 380 g/mol. The fourth-order valence-electron chi connectivity index (χ4n) is 2.94. The zero-order valence-corrected chi connectivity index (χ0v) is 14.9. The van der Waals surface area contributed by atoms with E-state index in [4.69, 9.17) is 0 Å². The number of nitrogens with zero attached hydrogens (tertiary/aromatic N) is 2. The van der Waals surface area contributed by atoms with Crippen LogP contribution in [0.2, 0.25) is 0 Å². The van der Waals surface area contributed by atoms with Crippen molar-refractivity contribution >= 4 is 11.9 Å². The molecule has 10 heteroatoms. The Kier molecular flexibility index (Phi) is 5.39. The van der Waals surface area contributed by atoms with Crippen LogP contribution in [0.15, 0.2) is 35.1 Å². The Hall–Kier alpha value is -2.91. The molecule has 2 N–H and O–H groups in total. The molecule has 0 saturated carbocycles. The van der Waals surface area contributed by atoms with Gasteiger partial charge in [0.15, 0.2) is 0 Å². The average molecular weight is 398 g/mol. The standard InChI is InChI=1S/C18H18F4N4O2/c1-10(11-2-4-12(5-3-11)18(20,21)22)23-16(28)14-8-15(27)25-17(24-14)26-7-6-13(19)9-26/h2-5,8,10,13H,6-7,9H2,1H3,(H,23,28)(H,24,25,27)/t10?,13-/m1/s1. The Morgan fingerprint density at radius 2 is 2.00 bits per heavy atom. The van der Waals surface area contributed by atoms with Crippen LogP contribution in [-0.2, 0) is 6.18 Å². The molecule has 1 aliphatic rings. The lowest BCUT2D eigenvalue weighted by atomic mass is 10.1. The summed E-state index contributed by atoms with van der Waals surface area (Å²) in [5, 5.41) is 2.60. The summed E-state index contributed by atoms with van der Waals surface area (Å²) in [7, 11) is 0. The molecule has 1 saturated heterocycles. The van der Waals surface area contributed by atoms with Crippen LogP contribution in [-0.4, -0.2) is 35.1 Å². The number of carbonyl (C=O) groups is 1. The van der Waals surface area contributed by atoms with Crippen LogP contribution in [0.25, 0.3) is 0 Å². The number of alkyl halides is 4. The molecule has 2 atom stereocenters. The molecule has 28 heavy (non-hydrogen) atoms. The van der Waals surface area contributed by atoms with Crippen molar-refractivity contribution in [3.05, 3.63) is 57.5 Å². The van der Waals surface area contributed by atoms with E-state index in [-0.39, 0.29) is 18.2 Å². The molecule has 3 rings (SSSR count). The first kappa shape index (κ1) is 19.8. The highest BCUT2D eigenvalue weighted by Crippen LogP contribution is 2.30. The Labute approximate surface area is 157 Å². The summed E-state index contributed by atoms with van der Waals surface area (Å²) < 4.78 is 51.3. The zero-order valence-electron chi connectivity index (χ0n) is 14.9. The Morgan fingerprint density at radius 3 is 2.57 bits per heavy atom. The summed E-state index contributed by atoms with van der Waals surface area (Å²) in [6, 6.07) is 4.82. The maximum atomic E-state index is 13.4. The maximum absolute atomic E-state index is 13.4. The number of nitrogens with one attached hydrogen (secondary N) is 2. The van der Waals surface area contributed by atoms with Gasteiger partial charge in [0.05, 0.1) is 18.2 Å². The summed E-state index contributed by atoms with van der Waals surface area (Å²) in [5.74, 6) is -0.546. The summed E-state index contributed by atoms with van der Waals surface area (Å²) in [5.41, 5.74) is -1.03. The summed E-state index contributed by atoms with van der Waals surface area (Å²) in [6.45, 7) is 2.05. The van der Waals surface area contributed by atoms with E-state index in [1.54, 1.807) is 11.8 Å². The zero-order chi connectivity index (χ0) is 20.5. The van der Waals surface area contributed by atoms with Gasteiger partial charge in [-0.2, -0.15) is 13.2 Å². The van der Waals surface area contributed by atoms with Gasteiger partial charge in [0.2, 0.25) is 5.95 Å². The highest BCUT2D eigenvalue weighted by molar-refractivity contribution is 5.92. The Bertz CT molecular complexity index is 911. The van der Waals surface area contributed by atoms with Crippen molar-refractivity contribution < 1.29 is 22.4 Å². The van der Waals surface area contributed by atoms with E-state index in [0.717, 1.165) is 18.2 Å². The number of halogens is 4. The van der Waals surface area contributed by atoms with Crippen LogP contribution in [0.5, 0.6) is 0 Å². The van der Waals surface area contributed by atoms with Crippen LogP contribution < -0.4 is 15.8 Å². The third kappa shape index (κ3) is 4.49. The van der Waals surface area contributed by atoms with Gasteiger partial charge in [-0.05, 0) is 31.0 Å². The minimum absolute atomic E-state index is 0.0793. The van der Waals surface area contributed by atoms with Crippen LogP contribution in [0.3, 0.4) is 0 Å². The van der Waals surface area contributed by atoms with Gasteiger partial charge in [0, 0.05) is 12.6 Å².